The van der Waals surface area contributed by atoms with Crippen LogP contribution in [0.25, 0.3) is 11.5 Å². The smallest absolute Gasteiger partial charge is 0.410 e. The number of aromatic nitrogens is 4. The maximum atomic E-state index is 12.7. The zero-order valence-corrected chi connectivity index (χ0v) is 10.1. The molecule has 0 bridgehead atoms. The van der Waals surface area contributed by atoms with Crippen molar-refractivity contribution in [3.05, 3.63) is 24.5 Å². The van der Waals surface area contributed by atoms with Crippen LogP contribution in [0.3, 0.4) is 0 Å². The molecule has 2 rings (SSSR count). The SMILES string of the molecule is C[C@@H](CF)n1cnnc1-c1cccc(NC(=O)O)n1. The molecule has 0 aromatic carbocycles. The van der Waals surface area contributed by atoms with Crippen molar-refractivity contribution in [1.82, 2.24) is 19.7 Å². The van der Waals surface area contributed by atoms with Crippen molar-refractivity contribution in [1.29, 1.82) is 0 Å². The average molecular weight is 265 g/mol. The molecule has 100 valence electrons. The molecule has 0 saturated carbocycles. The van der Waals surface area contributed by atoms with E-state index in [0.29, 0.717) is 11.5 Å². The number of carboxylic acid groups (broad SMARTS) is 1. The summed E-state index contributed by atoms with van der Waals surface area (Å²) in [5, 5.41) is 18.4. The zero-order chi connectivity index (χ0) is 13.8. The molecule has 0 radical (unpaired) electrons. The largest absolute Gasteiger partial charge is 0.465 e. The van der Waals surface area contributed by atoms with Gasteiger partial charge in [-0.25, -0.2) is 14.2 Å². The second kappa shape index (κ2) is 5.42. The maximum Gasteiger partial charge on any atom is 0.410 e. The molecule has 1 amide bonds. The van der Waals surface area contributed by atoms with Crippen LogP contribution in [0.5, 0.6) is 0 Å². The third-order valence-corrected chi connectivity index (χ3v) is 2.48. The summed E-state index contributed by atoms with van der Waals surface area (Å²) in [5.41, 5.74) is 0.420. The number of anilines is 1. The average Bonchev–Trinajstić information content (AvgIpc) is 2.86. The first-order valence-corrected chi connectivity index (χ1v) is 5.54. The van der Waals surface area contributed by atoms with Gasteiger partial charge in [-0.05, 0) is 19.1 Å². The Kier molecular flexibility index (Phi) is 3.69. The molecule has 0 aliphatic heterocycles. The molecule has 19 heavy (non-hydrogen) atoms. The minimum Gasteiger partial charge on any atom is -0.465 e. The van der Waals surface area contributed by atoms with Gasteiger partial charge in [-0.15, -0.1) is 10.2 Å². The van der Waals surface area contributed by atoms with Crippen LogP contribution < -0.4 is 5.32 Å². The first-order valence-electron chi connectivity index (χ1n) is 5.54. The van der Waals surface area contributed by atoms with Crippen molar-refractivity contribution in [2.75, 3.05) is 12.0 Å². The molecule has 8 heteroatoms. The minimum atomic E-state index is -1.21. The fraction of sp³-hybridized carbons (Fsp3) is 0.273. The van der Waals surface area contributed by atoms with Crippen molar-refractivity contribution < 1.29 is 14.3 Å². The monoisotopic (exact) mass is 265 g/mol. The van der Waals surface area contributed by atoms with E-state index in [-0.39, 0.29) is 5.82 Å². The molecule has 0 unspecified atom stereocenters. The molecule has 2 aromatic rings. The van der Waals surface area contributed by atoms with E-state index in [0.717, 1.165) is 0 Å². The highest BCUT2D eigenvalue weighted by Gasteiger charge is 2.14. The van der Waals surface area contributed by atoms with Crippen LogP contribution in [-0.4, -0.2) is 37.6 Å². The van der Waals surface area contributed by atoms with E-state index in [2.05, 4.69) is 20.5 Å². The standard InChI is InChI=1S/C11H12FN5O2/c1-7(5-12)17-6-13-16-10(17)8-3-2-4-9(14-8)15-11(18)19/h2-4,6-7H,5H2,1H3,(H,14,15)(H,18,19)/t7-/m0/s1. The predicted octanol–water partition coefficient (Wildman–Crippen LogP) is 1.96. The van der Waals surface area contributed by atoms with Crippen molar-refractivity contribution in [2.24, 2.45) is 0 Å². The number of nitrogens with one attached hydrogen (secondary N) is 1. The van der Waals surface area contributed by atoms with Gasteiger partial charge in [-0.2, -0.15) is 0 Å². The topological polar surface area (TPSA) is 92.9 Å². The number of nitrogens with zero attached hydrogens (tertiary/aromatic N) is 4. The van der Waals surface area contributed by atoms with Crippen LogP contribution in [0.15, 0.2) is 24.5 Å². The molecule has 2 aromatic heterocycles. The van der Waals surface area contributed by atoms with Gasteiger partial charge in [0.25, 0.3) is 0 Å². The highest BCUT2D eigenvalue weighted by Crippen LogP contribution is 2.20. The van der Waals surface area contributed by atoms with Gasteiger partial charge in [0.05, 0.1) is 6.04 Å². The third kappa shape index (κ3) is 2.84. The number of hydrogen-bond acceptors (Lipinski definition) is 4. The maximum absolute atomic E-state index is 12.7. The van der Waals surface area contributed by atoms with E-state index in [1.54, 1.807) is 23.6 Å². The van der Waals surface area contributed by atoms with Gasteiger partial charge in [0.15, 0.2) is 5.82 Å². The first kappa shape index (κ1) is 12.9. The minimum absolute atomic E-state index is 0.174. The molecule has 0 aliphatic carbocycles. The normalized spacial score (nSPS) is 12.1. The van der Waals surface area contributed by atoms with E-state index < -0.39 is 18.8 Å². The summed E-state index contributed by atoms with van der Waals surface area (Å²) in [6.07, 6.45) is 0.210. The van der Waals surface area contributed by atoms with E-state index in [4.69, 9.17) is 5.11 Å². The van der Waals surface area contributed by atoms with E-state index in [1.165, 1.54) is 12.4 Å². The molecular weight excluding hydrogens is 253 g/mol. The lowest BCUT2D eigenvalue weighted by atomic mass is 10.3. The van der Waals surface area contributed by atoms with Crippen LogP contribution in [0.2, 0.25) is 0 Å². The lowest BCUT2D eigenvalue weighted by molar-refractivity contribution is 0.209. The predicted molar refractivity (Wildman–Crippen MR) is 65.6 cm³/mol. The number of pyridine rings is 1. The van der Waals surface area contributed by atoms with E-state index >= 15 is 0 Å². The van der Waals surface area contributed by atoms with Crippen LogP contribution in [0.1, 0.15) is 13.0 Å². The summed E-state index contributed by atoms with van der Waals surface area (Å²) < 4.78 is 14.3. The summed E-state index contributed by atoms with van der Waals surface area (Å²) in [7, 11) is 0. The van der Waals surface area contributed by atoms with Crippen LogP contribution in [-0.2, 0) is 0 Å². The van der Waals surface area contributed by atoms with Crippen molar-refractivity contribution >= 4 is 11.9 Å². The Balaban J connectivity index is 2.36. The summed E-state index contributed by atoms with van der Waals surface area (Å²) in [4.78, 5) is 14.6. The lowest BCUT2D eigenvalue weighted by Crippen LogP contribution is -2.11. The summed E-state index contributed by atoms with van der Waals surface area (Å²) >= 11 is 0. The Hall–Kier alpha value is -2.51. The van der Waals surface area contributed by atoms with Gasteiger partial charge < -0.3 is 9.67 Å². The second-order valence-electron chi connectivity index (χ2n) is 3.90. The van der Waals surface area contributed by atoms with Crippen molar-refractivity contribution in [3.8, 4) is 11.5 Å². The van der Waals surface area contributed by atoms with Gasteiger partial charge in [-0.3, -0.25) is 5.32 Å². The Bertz CT molecular complexity index is 586. The summed E-state index contributed by atoms with van der Waals surface area (Å²) in [5.74, 6) is 0.562. The molecule has 0 fully saturated rings. The molecule has 0 saturated heterocycles. The number of hydrogen-bond donors (Lipinski definition) is 2. The molecule has 1 atom stereocenters. The summed E-state index contributed by atoms with van der Waals surface area (Å²) in [6.45, 7) is 1.13. The van der Waals surface area contributed by atoms with Gasteiger partial charge in [-0.1, -0.05) is 6.07 Å². The fourth-order valence-electron chi connectivity index (χ4n) is 1.56. The van der Waals surface area contributed by atoms with Crippen molar-refractivity contribution in [3.63, 3.8) is 0 Å². The van der Waals surface area contributed by atoms with Gasteiger partial charge in [0.1, 0.15) is 24.5 Å². The highest BCUT2D eigenvalue weighted by atomic mass is 19.1. The molecular formula is C11H12FN5O2. The Morgan fingerprint density at radius 1 is 1.58 bits per heavy atom. The number of carbonyl (C=O) groups is 1. The number of alkyl halides is 1. The molecule has 2 N–H and O–H groups in total. The summed E-state index contributed by atoms with van der Waals surface area (Å²) in [6, 6.07) is 4.38. The first-order chi connectivity index (χ1) is 9.11. The van der Waals surface area contributed by atoms with Gasteiger partial charge in [0.2, 0.25) is 0 Å². The molecule has 0 spiro atoms. The van der Waals surface area contributed by atoms with Gasteiger partial charge in [0, 0.05) is 0 Å². The van der Waals surface area contributed by atoms with Crippen LogP contribution in [0, 0.1) is 0 Å². The number of amides is 1. The molecule has 2 heterocycles. The second-order valence-corrected chi connectivity index (χ2v) is 3.90. The number of halogens is 1. The molecule has 7 nitrogen and oxygen atoms in total. The Labute approximate surface area is 108 Å². The van der Waals surface area contributed by atoms with Crippen LogP contribution >= 0.6 is 0 Å². The van der Waals surface area contributed by atoms with Crippen molar-refractivity contribution in [2.45, 2.75) is 13.0 Å². The Morgan fingerprint density at radius 3 is 3.05 bits per heavy atom. The highest BCUT2D eigenvalue weighted by molar-refractivity contribution is 5.81. The fourth-order valence-corrected chi connectivity index (χ4v) is 1.56. The Morgan fingerprint density at radius 2 is 2.37 bits per heavy atom. The van der Waals surface area contributed by atoms with Gasteiger partial charge >= 0.3 is 6.09 Å². The van der Waals surface area contributed by atoms with Crippen LogP contribution in [0.4, 0.5) is 15.0 Å². The lowest BCUT2D eigenvalue weighted by Gasteiger charge is -2.11. The number of rotatable bonds is 4. The molecule has 0 aliphatic rings. The third-order valence-electron chi connectivity index (χ3n) is 2.48. The quantitative estimate of drug-likeness (QED) is 0.881. The van der Waals surface area contributed by atoms with E-state index in [9.17, 15) is 9.18 Å². The zero-order valence-electron chi connectivity index (χ0n) is 10.1. The van der Waals surface area contributed by atoms with E-state index in [1.807, 2.05) is 0 Å².